The highest BCUT2D eigenvalue weighted by atomic mass is 15.4. The van der Waals surface area contributed by atoms with Gasteiger partial charge in [-0.05, 0) is 116 Å². The third kappa shape index (κ3) is 8.41. The zero-order chi connectivity index (χ0) is 47.9. The molecule has 0 N–H and O–H groups in total. The van der Waals surface area contributed by atoms with Crippen molar-refractivity contribution in [3.8, 4) is 45.6 Å². The van der Waals surface area contributed by atoms with E-state index in [0.29, 0.717) is 35.2 Å². The maximum Gasteiger partial charge on any atom is 0.241 e. The number of nitrogens with zero attached hydrogens (tertiary/aromatic N) is 8. The van der Waals surface area contributed by atoms with E-state index in [1.807, 2.05) is 77.7 Å². The van der Waals surface area contributed by atoms with Crippen LogP contribution in [0.5, 0.6) is 0 Å². The van der Waals surface area contributed by atoms with Crippen LogP contribution in [0.15, 0.2) is 194 Å². The number of aromatic nitrogens is 6. The predicted molar refractivity (Wildman–Crippen MR) is 288 cm³/mol. The second-order valence-corrected chi connectivity index (χ2v) is 18.1. The van der Waals surface area contributed by atoms with Gasteiger partial charge in [0.25, 0.3) is 0 Å². The van der Waals surface area contributed by atoms with Crippen molar-refractivity contribution in [2.75, 3.05) is 9.80 Å². The molecule has 0 aliphatic heterocycles. The van der Waals surface area contributed by atoms with Crippen LogP contribution in [0.2, 0.25) is 0 Å². The summed E-state index contributed by atoms with van der Waals surface area (Å²) >= 11 is 0. The molecule has 11 rings (SSSR count). The van der Waals surface area contributed by atoms with Crippen LogP contribution in [-0.4, -0.2) is 29.9 Å². The van der Waals surface area contributed by atoms with E-state index >= 15 is 0 Å². The van der Waals surface area contributed by atoms with Gasteiger partial charge in [0, 0.05) is 27.9 Å². The van der Waals surface area contributed by atoms with Gasteiger partial charge in [-0.1, -0.05) is 175 Å². The maximum atomic E-state index is 5.39. The quantitative estimate of drug-likeness (QED) is 0.134. The number of fused-ring (bicyclic) bond motifs is 2. The first-order valence-corrected chi connectivity index (χ1v) is 23.6. The molecule has 0 atom stereocenters. The lowest BCUT2D eigenvalue weighted by Crippen LogP contribution is -2.19. The van der Waals surface area contributed by atoms with E-state index in [2.05, 4.69) is 168 Å². The van der Waals surface area contributed by atoms with Gasteiger partial charge in [-0.2, -0.15) is 19.9 Å². The van der Waals surface area contributed by atoms with Gasteiger partial charge in [0.15, 0.2) is 23.3 Å². The largest absolute Gasteiger partial charge is 0.309 e. The van der Waals surface area contributed by atoms with Crippen LogP contribution in [-0.2, 0) is 0 Å². The number of aryl methyl sites for hydroxylation is 6. The van der Waals surface area contributed by atoms with Crippen LogP contribution in [0.4, 0.5) is 34.6 Å². The summed E-state index contributed by atoms with van der Waals surface area (Å²) in [6, 6.07) is 66.9. The lowest BCUT2D eigenvalue weighted by molar-refractivity contribution is 0.964. The lowest BCUT2D eigenvalue weighted by Gasteiger charge is -2.32. The topological polar surface area (TPSA) is 83.8 Å². The van der Waals surface area contributed by atoms with Crippen LogP contribution in [0.3, 0.4) is 0 Å². The summed E-state index contributed by atoms with van der Waals surface area (Å²) in [6.07, 6.45) is 0. The maximum absolute atomic E-state index is 5.39. The van der Waals surface area contributed by atoms with Crippen molar-refractivity contribution in [2.24, 2.45) is 0 Å². The van der Waals surface area contributed by atoms with E-state index in [1.54, 1.807) is 0 Å². The zero-order valence-corrected chi connectivity index (χ0v) is 40.1. The Balaban J connectivity index is 1.18. The molecule has 0 aliphatic carbocycles. The number of anilines is 6. The molecule has 0 saturated heterocycles. The van der Waals surface area contributed by atoms with Crippen LogP contribution >= 0.6 is 0 Å². The third-order valence-corrected chi connectivity index (χ3v) is 12.8. The molecule has 0 saturated carbocycles. The molecule has 8 nitrogen and oxygen atoms in total. The van der Waals surface area contributed by atoms with Crippen LogP contribution in [0.25, 0.3) is 67.1 Å². The Morgan fingerprint density at radius 2 is 0.729 bits per heavy atom. The first-order valence-electron chi connectivity index (χ1n) is 23.6. The third-order valence-electron chi connectivity index (χ3n) is 12.8. The number of benzene rings is 9. The van der Waals surface area contributed by atoms with Gasteiger partial charge in [0.05, 0.1) is 17.1 Å². The lowest BCUT2D eigenvalue weighted by atomic mass is 9.99. The van der Waals surface area contributed by atoms with Gasteiger partial charge in [-0.15, -0.1) is 0 Å². The highest BCUT2D eigenvalue weighted by Crippen LogP contribution is 2.44. The summed E-state index contributed by atoms with van der Waals surface area (Å²) in [6.45, 7) is 13.1. The average molecular weight is 907 g/mol. The van der Waals surface area contributed by atoms with Crippen molar-refractivity contribution in [1.82, 2.24) is 29.9 Å². The van der Waals surface area contributed by atoms with E-state index in [0.717, 1.165) is 66.5 Å². The first-order chi connectivity index (χ1) is 34.1. The Morgan fingerprint density at radius 1 is 0.300 bits per heavy atom. The normalized spacial score (nSPS) is 11.3. The molecule has 0 bridgehead atoms. The van der Waals surface area contributed by atoms with Gasteiger partial charge < -0.3 is 4.90 Å². The smallest absolute Gasteiger partial charge is 0.241 e. The summed E-state index contributed by atoms with van der Waals surface area (Å²) in [5.74, 6) is 2.78. The minimum atomic E-state index is 0.353. The molecule has 0 amide bonds. The Kier molecular flexibility index (Phi) is 11.4. The second-order valence-electron chi connectivity index (χ2n) is 18.1. The number of hydrogen-bond acceptors (Lipinski definition) is 8. The summed E-state index contributed by atoms with van der Waals surface area (Å²) in [4.78, 5) is 36.1. The molecular weight excluding hydrogens is 857 g/mol. The Hall–Kier alpha value is -8.88. The van der Waals surface area contributed by atoms with Gasteiger partial charge in [0.1, 0.15) is 0 Å². The summed E-state index contributed by atoms with van der Waals surface area (Å²) in [7, 11) is 0. The van der Waals surface area contributed by atoms with E-state index in [9.17, 15) is 0 Å². The van der Waals surface area contributed by atoms with Crippen molar-refractivity contribution in [1.29, 1.82) is 0 Å². The Bertz CT molecular complexity index is 3630. The number of rotatable bonds is 10. The van der Waals surface area contributed by atoms with Gasteiger partial charge in [-0.3, -0.25) is 0 Å². The molecular formula is C62H50N8. The average Bonchev–Trinajstić information content (AvgIpc) is 3.38. The fraction of sp³-hybridized carbons (Fsp3) is 0.0968. The first kappa shape index (κ1) is 43.7. The van der Waals surface area contributed by atoms with Gasteiger partial charge in [-0.25, -0.2) is 14.9 Å². The molecule has 0 aliphatic rings. The van der Waals surface area contributed by atoms with Crippen LogP contribution in [0, 0.1) is 41.5 Å². The van der Waals surface area contributed by atoms with Crippen molar-refractivity contribution < 1.29 is 0 Å². The van der Waals surface area contributed by atoms with Crippen LogP contribution < -0.4 is 9.80 Å². The zero-order valence-electron chi connectivity index (χ0n) is 40.1. The van der Waals surface area contributed by atoms with E-state index < -0.39 is 0 Å². The molecule has 0 fully saturated rings. The molecule has 70 heavy (non-hydrogen) atoms. The molecule has 11 aromatic rings. The van der Waals surface area contributed by atoms with E-state index in [1.165, 1.54) is 33.4 Å². The Labute approximate surface area is 408 Å². The van der Waals surface area contributed by atoms with Crippen molar-refractivity contribution in [3.63, 3.8) is 0 Å². The molecule has 2 heterocycles. The van der Waals surface area contributed by atoms with Gasteiger partial charge >= 0.3 is 0 Å². The molecule has 338 valence electrons. The highest BCUT2D eigenvalue weighted by Gasteiger charge is 2.27. The fourth-order valence-corrected chi connectivity index (χ4v) is 9.85. The van der Waals surface area contributed by atoms with E-state index in [-0.39, 0.29) is 0 Å². The fourth-order valence-electron chi connectivity index (χ4n) is 9.85. The minimum Gasteiger partial charge on any atom is -0.309 e. The molecule has 0 radical (unpaired) electrons. The SMILES string of the molecule is Cc1cc(C)c(N(c2ccc(N(c3nc(-c4ccccc4)nc(-c4ccc5ccccc5c4)n3)c3nc(-c4ccccc4)nc(-c4cccc5ccccc45)n3)cc2)c2c(C)cc(C)cc2C)c(C)c1. The Morgan fingerprint density at radius 3 is 1.29 bits per heavy atom. The van der Waals surface area contributed by atoms with Gasteiger partial charge in [0.2, 0.25) is 11.9 Å². The van der Waals surface area contributed by atoms with Crippen LogP contribution in [0.1, 0.15) is 33.4 Å². The van der Waals surface area contributed by atoms with E-state index in [4.69, 9.17) is 29.9 Å². The molecule has 8 heteroatoms. The highest BCUT2D eigenvalue weighted by molar-refractivity contribution is 5.95. The minimum absolute atomic E-state index is 0.353. The van der Waals surface area contributed by atoms with Crippen molar-refractivity contribution in [2.45, 2.75) is 41.5 Å². The monoisotopic (exact) mass is 906 g/mol. The number of hydrogen-bond donors (Lipinski definition) is 0. The van der Waals surface area contributed by atoms with Crippen molar-refractivity contribution >= 4 is 56.2 Å². The summed E-state index contributed by atoms with van der Waals surface area (Å²) in [5.41, 5.74) is 14.7. The standard InChI is InChI=1S/C62H50N8/c1-39-34-41(3)55(42(4)35-39)69(56-43(5)36-40(2)37-44(56)6)51-30-32-52(33-31-51)70(61-65-57(47-20-9-7-10-21-47)63-59(67-61)50-29-28-45-18-13-14-24-49(45)38-50)62-66-58(48-22-11-8-12-23-48)64-60(68-62)54-27-17-25-46-19-15-16-26-53(46)54/h7-38H,1-6H3. The van der Waals surface area contributed by atoms with Crippen molar-refractivity contribution in [3.05, 3.63) is 228 Å². The summed E-state index contributed by atoms with van der Waals surface area (Å²) < 4.78 is 0. The molecule has 2 aromatic heterocycles. The second kappa shape index (κ2) is 18.3. The summed E-state index contributed by atoms with van der Waals surface area (Å²) in [5, 5.41) is 4.34. The molecule has 0 unspecified atom stereocenters. The molecule has 9 aromatic carbocycles. The predicted octanol–water partition coefficient (Wildman–Crippen LogP) is 15.8. The molecule has 0 spiro atoms.